The number of benzene rings is 2. The Bertz CT molecular complexity index is 1040. The Morgan fingerprint density at radius 3 is 2.48 bits per heavy atom. The van der Waals surface area contributed by atoms with Gasteiger partial charge in [-0.2, -0.15) is 5.26 Å². The summed E-state index contributed by atoms with van der Waals surface area (Å²) in [5, 5.41) is 12.7. The zero-order valence-corrected chi connectivity index (χ0v) is 18.0. The van der Waals surface area contributed by atoms with Gasteiger partial charge in [-0.05, 0) is 43.2 Å². The highest BCUT2D eigenvalue weighted by molar-refractivity contribution is 8.05. The molecule has 0 saturated carbocycles. The van der Waals surface area contributed by atoms with Gasteiger partial charge in [-0.25, -0.2) is 0 Å². The molecule has 1 saturated heterocycles. The number of anilines is 1. The minimum Gasteiger partial charge on any atom is -0.354 e. The summed E-state index contributed by atoms with van der Waals surface area (Å²) in [6.07, 6.45) is 0.388. The summed E-state index contributed by atoms with van der Waals surface area (Å²) in [4.78, 5) is 26.9. The first kappa shape index (κ1) is 21.3. The number of hydrogen-bond acceptors (Lipinski definition) is 4. The first-order chi connectivity index (χ1) is 13.8. The van der Waals surface area contributed by atoms with E-state index in [1.165, 1.54) is 23.7 Å². The summed E-state index contributed by atoms with van der Waals surface area (Å²) in [7, 11) is 1.45. The summed E-state index contributed by atoms with van der Waals surface area (Å²) in [5.41, 5.74) is 2.39. The summed E-state index contributed by atoms with van der Waals surface area (Å²) in [6.45, 7) is 1.94. The van der Waals surface area contributed by atoms with Crippen LogP contribution >= 0.6 is 35.0 Å². The quantitative estimate of drug-likeness (QED) is 0.556. The number of carbonyl (C=O) groups is 2. The molecule has 1 heterocycles. The Labute approximate surface area is 183 Å². The SMILES string of the molecule is CNC(=O)/C(C#N)=C1/S[C@H](Cc2ccc(Cl)c(Cl)c2)C(=O)N1c1ccc(C)cc1. The van der Waals surface area contributed by atoms with Crippen molar-refractivity contribution in [2.24, 2.45) is 0 Å². The van der Waals surface area contributed by atoms with Crippen molar-refractivity contribution in [2.45, 2.75) is 18.6 Å². The highest BCUT2D eigenvalue weighted by atomic mass is 35.5. The van der Waals surface area contributed by atoms with E-state index >= 15 is 0 Å². The molecule has 29 heavy (non-hydrogen) atoms. The molecule has 1 atom stereocenters. The lowest BCUT2D eigenvalue weighted by molar-refractivity contribution is -0.117. The predicted molar refractivity (Wildman–Crippen MR) is 117 cm³/mol. The fraction of sp³-hybridized carbons (Fsp3) is 0.190. The number of likely N-dealkylation sites (N-methyl/N-ethyl adjacent to an activating group) is 1. The van der Waals surface area contributed by atoms with Crippen LogP contribution in [0.25, 0.3) is 0 Å². The third-order valence-electron chi connectivity index (χ3n) is 4.43. The fourth-order valence-corrected chi connectivity index (χ4v) is 4.55. The third-order valence-corrected chi connectivity index (χ3v) is 6.43. The molecule has 0 unspecified atom stereocenters. The molecule has 3 rings (SSSR count). The van der Waals surface area contributed by atoms with Crippen LogP contribution in [-0.2, 0) is 16.0 Å². The fourth-order valence-electron chi connectivity index (χ4n) is 2.92. The standard InChI is InChI=1S/C21H17Cl2N3O2S/c1-12-3-6-14(7-4-12)26-20(28)18(10-13-5-8-16(22)17(23)9-13)29-21(26)15(11-24)19(27)25-2/h3-9,18H,10H2,1-2H3,(H,25,27)/b21-15+/t18-/m1/s1. The number of nitrogens with zero attached hydrogens (tertiary/aromatic N) is 2. The number of rotatable bonds is 4. The molecule has 5 nitrogen and oxygen atoms in total. The Morgan fingerprint density at radius 1 is 1.21 bits per heavy atom. The van der Waals surface area contributed by atoms with Gasteiger partial charge in [0.05, 0.1) is 15.3 Å². The maximum Gasteiger partial charge on any atom is 0.264 e. The lowest BCUT2D eigenvalue weighted by Crippen LogP contribution is -2.31. The van der Waals surface area contributed by atoms with E-state index in [-0.39, 0.29) is 11.5 Å². The van der Waals surface area contributed by atoms with Gasteiger partial charge in [0, 0.05) is 12.7 Å². The lowest BCUT2D eigenvalue weighted by atomic mass is 10.1. The van der Waals surface area contributed by atoms with Gasteiger partial charge < -0.3 is 5.32 Å². The zero-order chi connectivity index (χ0) is 21.1. The molecule has 2 aromatic rings. The van der Waals surface area contributed by atoms with E-state index in [9.17, 15) is 14.9 Å². The second kappa shape index (κ2) is 8.91. The monoisotopic (exact) mass is 445 g/mol. The van der Waals surface area contributed by atoms with E-state index < -0.39 is 11.2 Å². The number of halogens is 2. The summed E-state index contributed by atoms with van der Waals surface area (Å²) in [5.74, 6) is -0.730. The topological polar surface area (TPSA) is 73.2 Å². The number of thioether (sulfide) groups is 1. The highest BCUT2D eigenvalue weighted by Gasteiger charge is 2.40. The van der Waals surface area contributed by atoms with Gasteiger partial charge in [-0.15, -0.1) is 0 Å². The van der Waals surface area contributed by atoms with E-state index in [0.717, 1.165) is 11.1 Å². The normalized spacial score (nSPS) is 17.8. The van der Waals surface area contributed by atoms with Gasteiger partial charge in [0.25, 0.3) is 5.91 Å². The predicted octanol–water partition coefficient (Wildman–Crippen LogP) is 4.47. The van der Waals surface area contributed by atoms with Crippen LogP contribution in [0.2, 0.25) is 10.0 Å². The molecule has 1 aliphatic heterocycles. The van der Waals surface area contributed by atoms with Crippen LogP contribution in [0.1, 0.15) is 11.1 Å². The van der Waals surface area contributed by atoms with E-state index in [1.54, 1.807) is 24.3 Å². The molecular weight excluding hydrogens is 429 g/mol. The molecule has 8 heteroatoms. The largest absolute Gasteiger partial charge is 0.354 e. The first-order valence-corrected chi connectivity index (χ1v) is 10.4. The maximum absolute atomic E-state index is 13.3. The number of nitrogens with one attached hydrogen (secondary N) is 1. The van der Waals surface area contributed by atoms with Crippen LogP contribution in [0.4, 0.5) is 5.69 Å². The van der Waals surface area contributed by atoms with Gasteiger partial charge in [0.15, 0.2) is 0 Å². The molecule has 2 aromatic carbocycles. The first-order valence-electron chi connectivity index (χ1n) is 8.73. The van der Waals surface area contributed by atoms with Gasteiger partial charge in [-0.3, -0.25) is 14.5 Å². The molecule has 2 amide bonds. The van der Waals surface area contributed by atoms with Crippen LogP contribution in [-0.4, -0.2) is 24.1 Å². The van der Waals surface area contributed by atoms with Gasteiger partial charge in [-0.1, -0.05) is 58.7 Å². The third kappa shape index (κ3) is 4.43. The van der Waals surface area contributed by atoms with Crippen molar-refractivity contribution in [1.82, 2.24) is 5.32 Å². The van der Waals surface area contributed by atoms with E-state index in [4.69, 9.17) is 23.2 Å². The van der Waals surface area contributed by atoms with Crippen molar-refractivity contribution in [2.75, 3.05) is 11.9 Å². The minimum absolute atomic E-state index is 0.0944. The van der Waals surface area contributed by atoms with E-state index in [1.807, 2.05) is 31.2 Å². The molecule has 1 fully saturated rings. The molecule has 1 N–H and O–H groups in total. The van der Waals surface area contributed by atoms with E-state index in [2.05, 4.69) is 5.32 Å². The Kier molecular flexibility index (Phi) is 6.53. The van der Waals surface area contributed by atoms with Crippen LogP contribution in [0.5, 0.6) is 0 Å². The summed E-state index contributed by atoms with van der Waals surface area (Å²) in [6, 6.07) is 14.5. The van der Waals surface area contributed by atoms with E-state index in [0.29, 0.717) is 27.2 Å². The number of carbonyl (C=O) groups excluding carboxylic acids is 2. The second-order valence-corrected chi connectivity index (χ2v) is 8.45. The van der Waals surface area contributed by atoms with Crippen molar-refractivity contribution in [3.63, 3.8) is 0 Å². The summed E-state index contributed by atoms with van der Waals surface area (Å²) < 4.78 is 0. The molecule has 0 radical (unpaired) electrons. The van der Waals surface area contributed by atoms with Crippen LogP contribution in [0.3, 0.4) is 0 Å². The Hall–Kier alpha value is -2.46. The average Bonchev–Trinajstić information content (AvgIpc) is 3.01. The number of aryl methyl sites for hydroxylation is 1. The molecule has 0 bridgehead atoms. The summed E-state index contributed by atoms with van der Waals surface area (Å²) >= 11 is 13.3. The van der Waals surface area contributed by atoms with Crippen molar-refractivity contribution in [3.05, 3.63) is 74.2 Å². The molecule has 0 spiro atoms. The smallest absolute Gasteiger partial charge is 0.264 e. The highest BCUT2D eigenvalue weighted by Crippen LogP contribution is 2.42. The van der Waals surface area contributed by atoms with Crippen LogP contribution < -0.4 is 10.2 Å². The van der Waals surface area contributed by atoms with Gasteiger partial charge >= 0.3 is 0 Å². The van der Waals surface area contributed by atoms with Gasteiger partial charge in [0.2, 0.25) is 5.91 Å². The van der Waals surface area contributed by atoms with Crippen molar-refractivity contribution in [3.8, 4) is 6.07 Å². The van der Waals surface area contributed by atoms with Crippen LogP contribution in [0, 0.1) is 18.3 Å². The number of amides is 2. The molecule has 0 aromatic heterocycles. The lowest BCUT2D eigenvalue weighted by Gasteiger charge is -2.18. The molecule has 0 aliphatic carbocycles. The minimum atomic E-state index is -0.532. The Balaban J connectivity index is 2.03. The number of hydrogen-bond donors (Lipinski definition) is 1. The van der Waals surface area contributed by atoms with Crippen molar-refractivity contribution < 1.29 is 9.59 Å². The average molecular weight is 446 g/mol. The second-order valence-electron chi connectivity index (χ2n) is 6.44. The maximum atomic E-state index is 13.3. The Morgan fingerprint density at radius 2 is 1.90 bits per heavy atom. The van der Waals surface area contributed by atoms with Gasteiger partial charge in [0.1, 0.15) is 16.7 Å². The van der Waals surface area contributed by atoms with Crippen LogP contribution in [0.15, 0.2) is 53.1 Å². The number of nitriles is 1. The molecule has 148 valence electrons. The van der Waals surface area contributed by atoms with Crippen molar-refractivity contribution >= 4 is 52.5 Å². The zero-order valence-electron chi connectivity index (χ0n) is 15.7. The molecular formula is C21H17Cl2N3O2S. The van der Waals surface area contributed by atoms with Crippen molar-refractivity contribution in [1.29, 1.82) is 5.26 Å². The molecule has 1 aliphatic rings.